The molecule has 0 aromatic carbocycles. The second-order valence-corrected chi connectivity index (χ2v) is 4.87. The Labute approximate surface area is 113 Å². The number of rotatable bonds is 6. The molecule has 1 atom stereocenters. The van der Waals surface area contributed by atoms with Gasteiger partial charge >= 0.3 is 0 Å². The number of nitrogens with zero attached hydrogens (tertiary/aromatic N) is 2. The number of carbonyl (C=O) groups excluding carboxylic acids is 2. The van der Waals surface area contributed by atoms with Crippen LogP contribution in [0.25, 0.3) is 0 Å². The molecule has 2 amide bonds. The summed E-state index contributed by atoms with van der Waals surface area (Å²) in [6.45, 7) is 6.08. The minimum atomic E-state index is -0.403. The van der Waals surface area contributed by atoms with Gasteiger partial charge in [0.25, 0.3) is 5.91 Å². The third-order valence-electron chi connectivity index (χ3n) is 2.44. The van der Waals surface area contributed by atoms with Crippen molar-refractivity contribution >= 4 is 11.8 Å². The molecule has 6 nitrogen and oxygen atoms in total. The molecule has 1 aromatic rings. The Balaban J connectivity index is 2.32. The summed E-state index contributed by atoms with van der Waals surface area (Å²) in [5.41, 5.74) is 0.200. The number of carbonyl (C=O) groups is 2. The molecule has 19 heavy (non-hydrogen) atoms. The van der Waals surface area contributed by atoms with Gasteiger partial charge in [-0.25, -0.2) is 4.98 Å². The summed E-state index contributed by atoms with van der Waals surface area (Å²) in [7, 11) is 0. The van der Waals surface area contributed by atoms with Gasteiger partial charge < -0.3 is 10.6 Å². The average Bonchev–Trinajstić information content (AvgIpc) is 2.36. The fourth-order valence-corrected chi connectivity index (χ4v) is 1.76. The molecule has 104 valence electrons. The zero-order chi connectivity index (χ0) is 14.3. The van der Waals surface area contributed by atoms with Crippen LogP contribution >= 0.6 is 0 Å². The standard InChI is InChI=1S/C13H20N4O2/c1-9(2)6-10(3)17-12(18)8-16-13(19)11-7-14-4-5-15-11/h4-5,7,9-10H,6,8H2,1-3H3,(H,16,19)(H,17,18)/t10-/m1/s1. The second-order valence-electron chi connectivity index (χ2n) is 4.87. The summed E-state index contributed by atoms with van der Waals surface area (Å²) in [4.78, 5) is 30.9. The van der Waals surface area contributed by atoms with Crippen molar-refractivity contribution in [2.45, 2.75) is 33.2 Å². The predicted octanol–water partition coefficient (Wildman–Crippen LogP) is 0.757. The van der Waals surface area contributed by atoms with E-state index in [-0.39, 0.29) is 24.2 Å². The first-order chi connectivity index (χ1) is 8.99. The maximum Gasteiger partial charge on any atom is 0.271 e. The van der Waals surface area contributed by atoms with E-state index in [1.54, 1.807) is 0 Å². The van der Waals surface area contributed by atoms with Gasteiger partial charge in [0.15, 0.2) is 0 Å². The number of amides is 2. The van der Waals surface area contributed by atoms with Gasteiger partial charge in [0.05, 0.1) is 12.7 Å². The molecule has 0 saturated heterocycles. The molecular weight excluding hydrogens is 244 g/mol. The normalized spacial score (nSPS) is 12.0. The largest absolute Gasteiger partial charge is 0.352 e. The molecule has 6 heteroatoms. The first-order valence-corrected chi connectivity index (χ1v) is 6.32. The summed E-state index contributed by atoms with van der Waals surface area (Å²) in [5, 5.41) is 5.33. The van der Waals surface area contributed by atoms with E-state index in [0.29, 0.717) is 5.92 Å². The third kappa shape index (κ3) is 5.94. The molecule has 0 fully saturated rings. The van der Waals surface area contributed by atoms with Gasteiger partial charge in [-0.1, -0.05) is 13.8 Å². The van der Waals surface area contributed by atoms with Gasteiger partial charge in [-0.2, -0.15) is 0 Å². The fourth-order valence-electron chi connectivity index (χ4n) is 1.76. The van der Waals surface area contributed by atoms with E-state index in [1.807, 2.05) is 6.92 Å². The van der Waals surface area contributed by atoms with Crippen LogP contribution in [0.3, 0.4) is 0 Å². The molecule has 0 spiro atoms. The first-order valence-electron chi connectivity index (χ1n) is 6.32. The van der Waals surface area contributed by atoms with E-state index in [0.717, 1.165) is 6.42 Å². The van der Waals surface area contributed by atoms with E-state index in [2.05, 4.69) is 34.4 Å². The van der Waals surface area contributed by atoms with Crippen molar-refractivity contribution in [2.24, 2.45) is 5.92 Å². The zero-order valence-corrected chi connectivity index (χ0v) is 11.5. The smallest absolute Gasteiger partial charge is 0.271 e. The molecule has 1 rings (SSSR count). The van der Waals surface area contributed by atoms with Gasteiger partial charge in [0, 0.05) is 18.4 Å². The molecule has 0 bridgehead atoms. The topological polar surface area (TPSA) is 84.0 Å². The van der Waals surface area contributed by atoms with Crippen LogP contribution in [0.4, 0.5) is 0 Å². The van der Waals surface area contributed by atoms with E-state index in [1.165, 1.54) is 18.6 Å². The maximum absolute atomic E-state index is 11.6. The second kappa shape index (κ2) is 7.45. The minimum absolute atomic E-state index is 0.0577. The third-order valence-corrected chi connectivity index (χ3v) is 2.44. The lowest BCUT2D eigenvalue weighted by molar-refractivity contribution is -0.120. The lowest BCUT2D eigenvalue weighted by Crippen LogP contribution is -2.41. The van der Waals surface area contributed by atoms with Crippen molar-refractivity contribution < 1.29 is 9.59 Å². The quantitative estimate of drug-likeness (QED) is 0.794. The maximum atomic E-state index is 11.6. The average molecular weight is 264 g/mol. The van der Waals surface area contributed by atoms with Crippen molar-refractivity contribution in [3.8, 4) is 0 Å². The molecule has 0 aliphatic carbocycles. The Morgan fingerprint density at radius 3 is 2.58 bits per heavy atom. The fraction of sp³-hybridized carbons (Fsp3) is 0.538. The van der Waals surface area contributed by atoms with Crippen LogP contribution in [0, 0.1) is 5.92 Å². The van der Waals surface area contributed by atoms with Crippen molar-refractivity contribution in [1.29, 1.82) is 0 Å². The molecular formula is C13H20N4O2. The summed E-state index contributed by atoms with van der Waals surface area (Å²) in [5.74, 6) is -0.0883. The molecule has 0 aliphatic heterocycles. The van der Waals surface area contributed by atoms with Gasteiger partial charge in [0.1, 0.15) is 5.69 Å². The van der Waals surface area contributed by atoms with Crippen LogP contribution in [-0.4, -0.2) is 34.4 Å². The number of hydrogen-bond donors (Lipinski definition) is 2. The summed E-state index contributed by atoms with van der Waals surface area (Å²) < 4.78 is 0. The summed E-state index contributed by atoms with van der Waals surface area (Å²) in [6.07, 6.45) is 5.18. The van der Waals surface area contributed by atoms with Gasteiger partial charge in [-0.3, -0.25) is 14.6 Å². The van der Waals surface area contributed by atoms with Crippen molar-refractivity contribution in [3.05, 3.63) is 24.3 Å². The molecule has 1 heterocycles. The highest BCUT2D eigenvalue weighted by molar-refractivity contribution is 5.94. The van der Waals surface area contributed by atoms with Gasteiger partial charge in [0.2, 0.25) is 5.91 Å². The van der Waals surface area contributed by atoms with E-state index < -0.39 is 5.91 Å². The van der Waals surface area contributed by atoms with Crippen molar-refractivity contribution in [1.82, 2.24) is 20.6 Å². The lowest BCUT2D eigenvalue weighted by atomic mass is 10.1. The Morgan fingerprint density at radius 2 is 2.00 bits per heavy atom. The Morgan fingerprint density at radius 1 is 1.26 bits per heavy atom. The zero-order valence-electron chi connectivity index (χ0n) is 11.5. The van der Waals surface area contributed by atoms with Crippen LogP contribution in [0.1, 0.15) is 37.7 Å². The Bertz CT molecular complexity index is 420. The Kier molecular flexibility index (Phi) is 5.92. The number of aromatic nitrogens is 2. The summed E-state index contributed by atoms with van der Waals surface area (Å²) in [6, 6.07) is 0.0981. The van der Waals surface area contributed by atoms with Crippen LogP contribution in [0.5, 0.6) is 0 Å². The summed E-state index contributed by atoms with van der Waals surface area (Å²) >= 11 is 0. The lowest BCUT2D eigenvalue weighted by Gasteiger charge is -2.16. The molecule has 1 aromatic heterocycles. The number of nitrogens with one attached hydrogen (secondary N) is 2. The monoisotopic (exact) mass is 264 g/mol. The highest BCUT2D eigenvalue weighted by Crippen LogP contribution is 2.03. The predicted molar refractivity (Wildman–Crippen MR) is 71.4 cm³/mol. The molecule has 2 N–H and O–H groups in total. The highest BCUT2D eigenvalue weighted by Gasteiger charge is 2.11. The van der Waals surface area contributed by atoms with Crippen LogP contribution in [0.15, 0.2) is 18.6 Å². The molecule has 0 unspecified atom stereocenters. The van der Waals surface area contributed by atoms with Gasteiger partial charge in [-0.05, 0) is 19.3 Å². The van der Waals surface area contributed by atoms with Crippen LogP contribution in [0.2, 0.25) is 0 Å². The highest BCUT2D eigenvalue weighted by atomic mass is 16.2. The first kappa shape index (κ1) is 15.1. The molecule has 0 radical (unpaired) electrons. The van der Waals surface area contributed by atoms with E-state index in [9.17, 15) is 9.59 Å². The van der Waals surface area contributed by atoms with Crippen LogP contribution < -0.4 is 10.6 Å². The Hall–Kier alpha value is -1.98. The van der Waals surface area contributed by atoms with Crippen molar-refractivity contribution in [3.63, 3.8) is 0 Å². The SMILES string of the molecule is CC(C)C[C@@H](C)NC(=O)CNC(=O)c1cnccn1. The minimum Gasteiger partial charge on any atom is -0.352 e. The molecule has 0 saturated carbocycles. The molecule has 0 aliphatic rings. The van der Waals surface area contributed by atoms with Crippen molar-refractivity contribution in [2.75, 3.05) is 6.54 Å². The van der Waals surface area contributed by atoms with Gasteiger partial charge in [-0.15, -0.1) is 0 Å². The van der Waals surface area contributed by atoms with Crippen LogP contribution in [-0.2, 0) is 4.79 Å². The van der Waals surface area contributed by atoms with E-state index in [4.69, 9.17) is 0 Å². The van der Waals surface area contributed by atoms with E-state index >= 15 is 0 Å². The number of hydrogen-bond acceptors (Lipinski definition) is 4.